The van der Waals surface area contributed by atoms with Gasteiger partial charge in [0.2, 0.25) is 0 Å². The first kappa shape index (κ1) is 11.5. The number of nitrogens with one attached hydrogen (secondary N) is 1. The lowest BCUT2D eigenvalue weighted by Crippen LogP contribution is -2.38. The zero-order valence-electron chi connectivity index (χ0n) is 10.6. The van der Waals surface area contributed by atoms with Crippen molar-refractivity contribution < 1.29 is 4.74 Å². The Labute approximate surface area is 108 Å². The molecule has 0 aromatic heterocycles. The van der Waals surface area contributed by atoms with Gasteiger partial charge < -0.3 is 10.1 Å². The molecule has 2 aromatic carbocycles. The summed E-state index contributed by atoms with van der Waals surface area (Å²) in [6.07, 6.45) is 3.85. The van der Waals surface area contributed by atoms with Gasteiger partial charge >= 0.3 is 0 Å². The Morgan fingerprint density at radius 1 is 1.06 bits per heavy atom. The maximum Gasteiger partial charge on any atom is 0.120 e. The lowest BCUT2D eigenvalue weighted by atomic mass is 10.1. The first-order valence-corrected chi connectivity index (χ1v) is 6.77. The van der Waals surface area contributed by atoms with E-state index in [1.54, 1.807) is 0 Å². The lowest BCUT2D eigenvalue weighted by Gasteiger charge is -2.23. The molecule has 1 heterocycles. The predicted octanol–water partition coefficient (Wildman–Crippen LogP) is 3.36. The lowest BCUT2D eigenvalue weighted by molar-refractivity contribution is 0.239. The number of rotatable bonds is 3. The minimum absolute atomic E-state index is 0.519. The Morgan fingerprint density at radius 3 is 2.78 bits per heavy atom. The minimum atomic E-state index is 0.519. The van der Waals surface area contributed by atoms with Crippen LogP contribution in [0.3, 0.4) is 0 Å². The molecule has 1 fully saturated rings. The fourth-order valence-electron chi connectivity index (χ4n) is 2.52. The van der Waals surface area contributed by atoms with Crippen molar-refractivity contribution in [3.63, 3.8) is 0 Å². The Kier molecular flexibility index (Phi) is 3.47. The summed E-state index contributed by atoms with van der Waals surface area (Å²) in [5.74, 6) is 0.973. The monoisotopic (exact) mass is 241 g/mol. The third-order valence-electron chi connectivity index (χ3n) is 3.58. The van der Waals surface area contributed by atoms with Gasteiger partial charge in [0.1, 0.15) is 12.4 Å². The molecule has 0 radical (unpaired) electrons. The molecule has 3 rings (SSSR count). The molecule has 0 amide bonds. The van der Waals surface area contributed by atoms with Gasteiger partial charge in [-0.3, -0.25) is 0 Å². The van der Waals surface area contributed by atoms with Crippen molar-refractivity contribution in [3.8, 4) is 5.75 Å². The molecule has 1 aliphatic rings. The molecule has 1 aliphatic heterocycles. The number of hydrogen-bond donors (Lipinski definition) is 1. The van der Waals surface area contributed by atoms with Crippen LogP contribution in [-0.4, -0.2) is 19.2 Å². The van der Waals surface area contributed by atoms with E-state index in [0.29, 0.717) is 6.04 Å². The van der Waals surface area contributed by atoms with Crippen molar-refractivity contribution in [2.24, 2.45) is 0 Å². The third kappa shape index (κ3) is 2.65. The largest absolute Gasteiger partial charge is 0.492 e. The highest BCUT2D eigenvalue weighted by Crippen LogP contribution is 2.21. The van der Waals surface area contributed by atoms with Crippen LogP contribution in [0.1, 0.15) is 19.3 Å². The van der Waals surface area contributed by atoms with Crippen LogP contribution in [0.2, 0.25) is 0 Å². The number of benzene rings is 2. The number of ether oxygens (including phenoxy) is 1. The Balaban J connectivity index is 1.66. The standard InChI is InChI=1S/C16H19NO/c1-2-6-14-11-16(9-8-13(14)5-1)18-12-15-7-3-4-10-17-15/h1-2,5-6,8-9,11,15,17H,3-4,7,10,12H2. The van der Waals surface area contributed by atoms with Crippen molar-refractivity contribution in [1.82, 2.24) is 5.32 Å². The second-order valence-corrected chi connectivity index (χ2v) is 4.97. The van der Waals surface area contributed by atoms with Gasteiger partial charge in [0.05, 0.1) is 0 Å². The van der Waals surface area contributed by atoms with Crippen molar-refractivity contribution >= 4 is 10.8 Å². The predicted molar refractivity (Wildman–Crippen MR) is 75.1 cm³/mol. The molecule has 1 unspecified atom stereocenters. The van der Waals surface area contributed by atoms with Gasteiger partial charge in [-0.05, 0) is 42.3 Å². The molecule has 2 heteroatoms. The zero-order chi connectivity index (χ0) is 12.2. The van der Waals surface area contributed by atoms with E-state index in [0.717, 1.165) is 18.9 Å². The molecule has 0 spiro atoms. The quantitative estimate of drug-likeness (QED) is 0.889. The van der Waals surface area contributed by atoms with Gasteiger partial charge in [0, 0.05) is 6.04 Å². The summed E-state index contributed by atoms with van der Waals surface area (Å²) in [6.45, 7) is 1.91. The Hall–Kier alpha value is -1.54. The van der Waals surface area contributed by atoms with Crippen LogP contribution in [0.5, 0.6) is 5.75 Å². The second kappa shape index (κ2) is 5.40. The molecular formula is C16H19NO. The van der Waals surface area contributed by atoms with Crippen LogP contribution in [-0.2, 0) is 0 Å². The number of piperidine rings is 1. The van der Waals surface area contributed by atoms with Gasteiger partial charge in [-0.15, -0.1) is 0 Å². The SMILES string of the molecule is c1ccc2cc(OCC3CCCCN3)ccc2c1. The van der Waals surface area contributed by atoms with Gasteiger partial charge in [-0.1, -0.05) is 36.8 Å². The highest BCUT2D eigenvalue weighted by Gasteiger charge is 2.12. The van der Waals surface area contributed by atoms with E-state index in [2.05, 4.69) is 47.8 Å². The maximum atomic E-state index is 5.89. The Bertz CT molecular complexity index is 517. The fraction of sp³-hybridized carbons (Fsp3) is 0.375. The smallest absolute Gasteiger partial charge is 0.120 e. The van der Waals surface area contributed by atoms with Gasteiger partial charge in [0.25, 0.3) is 0 Å². The molecule has 2 nitrogen and oxygen atoms in total. The molecule has 1 atom stereocenters. The van der Waals surface area contributed by atoms with Crippen molar-refractivity contribution in [1.29, 1.82) is 0 Å². The van der Waals surface area contributed by atoms with Crippen LogP contribution in [0.15, 0.2) is 42.5 Å². The second-order valence-electron chi connectivity index (χ2n) is 4.97. The maximum absolute atomic E-state index is 5.89. The molecule has 2 aromatic rings. The normalized spacial score (nSPS) is 19.9. The van der Waals surface area contributed by atoms with Crippen LogP contribution < -0.4 is 10.1 Å². The molecular weight excluding hydrogens is 222 g/mol. The molecule has 18 heavy (non-hydrogen) atoms. The average molecular weight is 241 g/mol. The summed E-state index contributed by atoms with van der Waals surface area (Å²) in [5, 5.41) is 6.01. The number of hydrogen-bond acceptors (Lipinski definition) is 2. The molecule has 1 saturated heterocycles. The van der Waals surface area contributed by atoms with Crippen LogP contribution in [0, 0.1) is 0 Å². The summed E-state index contributed by atoms with van der Waals surface area (Å²) < 4.78 is 5.89. The molecule has 1 N–H and O–H groups in total. The Morgan fingerprint density at radius 2 is 1.94 bits per heavy atom. The van der Waals surface area contributed by atoms with Crippen molar-refractivity contribution in [2.45, 2.75) is 25.3 Å². The summed E-state index contributed by atoms with van der Waals surface area (Å²) in [7, 11) is 0. The topological polar surface area (TPSA) is 21.3 Å². The van der Waals surface area contributed by atoms with Crippen LogP contribution in [0.4, 0.5) is 0 Å². The first-order valence-electron chi connectivity index (χ1n) is 6.77. The van der Waals surface area contributed by atoms with Crippen LogP contribution in [0.25, 0.3) is 10.8 Å². The number of fused-ring (bicyclic) bond motifs is 1. The highest BCUT2D eigenvalue weighted by molar-refractivity contribution is 5.83. The van der Waals surface area contributed by atoms with Crippen LogP contribution >= 0.6 is 0 Å². The van der Waals surface area contributed by atoms with E-state index in [9.17, 15) is 0 Å². The van der Waals surface area contributed by atoms with Gasteiger partial charge in [0.15, 0.2) is 0 Å². The highest BCUT2D eigenvalue weighted by atomic mass is 16.5. The van der Waals surface area contributed by atoms with E-state index in [-0.39, 0.29) is 0 Å². The summed E-state index contributed by atoms with van der Waals surface area (Å²) in [4.78, 5) is 0. The van der Waals surface area contributed by atoms with E-state index in [4.69, 9.17) is 4.74 Å². The minimum Gasteiger partial charge on any atom is -0.492 e. The molecule has 0 bridgehead atoms. The van der Waals surface area contributed by atoms with Gasteiger partial charge in [-0.25, -0.2) is 0 Å². The summed E-state index contributed by atoms with van der Waals surface area (Å²) in [6, 6.07) is 15.2. The summed E-state index contributed by atoms with van der Waals surface area (Å²) in [5.41, 5.74) is 0. The molecule has 94 valence electrons. The van der Waals surface area contributed by atoms with E-state index < -0.39 is 0 Å². The molecule has 0 aliphatic carbocycles. The third-order valence-corrected chi connectivity index (χ3v) is 3.58. The zero-order valence-corrected chi connectivity index (χ0v) is 10.6. The summed E-state index contributed by atoms with van der Waals surface area (Å²) >= 11 is 0. The van der Waals surface area contributed by atoms with E-state index in [1.165, 1.54) is 30.0 Å². The van der Waals surface area contributed by atoms with E-state index >= 15 is 0 Å². The van der Waals surface area contributed by atoms with Crippen molar-refractivity contribution in [2.75, 3.05) is 13.2 Å². The van der Waals surface area contributed by atoms with E-state index in [1.807, 2.05) is 0 Å². The fourth-order valence-corrected chi connectivity index (χ4v) is 2.52. The molecule has 0 saturated carbocycles. The van der Waals surface area contributed by atoms with Crippen molar-refractivity contribution in [3.05, 3.63) is 42.5 Å². The first-order chi connectivity index (χ1) is 8.92. The average Bonchev–Trinajstić information content (AvgIpc) is 2.46. The van der Waals surface area contributed by atoms with Gasteiger partial charge in [-0.2, -0.15) is 0 Å².